The van der Waals surface area contributed by atoms with Gasteiger partial charge < -0.3 is 5.11 Å². The number of aliphatic carboxylic acids is 1. The number of halogens is 1. The molecular weight excluding hydrogens is 167 g/mol. The van der Waals surface area contributed by atoms with Gasteiger partial charge >= 0.3 is 5.97 Å². The highest BCUT2D eigenvalue weighted by molar-refractivity contribution is 7.07. The predicted molar refractivity (Wildman–Crippen MR) is 40.6 cm³/mol. The van der Waals surface area contributed by atoms with Gasteiger partial charge in [0.05, 0.1) is 0 Å². The summed E-state index contributed by atoms with van der Waals surface area (Å²) in [6.45, 7) is 0. The number of thiophene rings is 1. The average molecular weight is 174 g/mol. The largest absolute Gasteiger partial charge is 0.479 e. The Morgan fingerprint density at radius 3 is 3.00 bits per heavy atom. The smallest absolute Gasteiger partial charge is 0.338 e. The Labute approximate surface area is 67.3 Å². The second-order valence-corrected chi connectivity index (χ2v) is 2.92. The summed E-state index contributed by atoms with van der Waals surface area (Å²) >= 11 is 1.43. The lowest BCUT2D eigenvalue weighted by Gasteiger charge is -1.98. The van der Waals surface area contributed by atoms with E-state index < -0.39 is 12.1 Å². The molecule has 0 saturated heterocycles. The monoisotopic (exact) mass is 174 g/mol. The van der Waals surface area contributed by atoms with Crippen molar-refractivity contribution >= 4 is 17.3 Å². The Hall–Kier alpha value is -0.900. The topological polar surface area (TPSA) is 37.3 Å². The standard InChI is InChI=1S/C7H7FO2S/c8-6(7(9)10)3-5-1-2-11-4-5/h1-2,4,6H,3H2,(H,9,10). The first-order valence-corrected chi connectivity index (χ1v) is 4.02. The first-order valence-electron chi connectivity index (χ1n) is 3.08. The third-order valence-corrected chi connectivity index (χ3v) is 2.00. The van der Waals surface area contributed by atoms with Gasteiger partial charge in [0.25, 0.3) is 0 Å². The molecule has 1 aromatic rings. The molecule has 0 bridgehead atoms. The molecule has 0 saturated carbocycles. The zero-order chi connectivity index (χ0) is 8.27. The molecule has 0 spiro atoms. The molecule has 0 aliphatic carbocycles. The van der Waals surface area contributed by atoms with Gasteiger partial charge in [-0.3, -0.25) is 0 Å². The van der Waals surface area contributed by atoms with Crippen LogP contribution in [0.4, 0.5) is 4.39 Å². The van der Waals surface area contributed by atoms with Crippen LogP contribution in [0, 0.1) is 0 Å². The van der Waals surface area contributed by atoms with E-state index in [9.17, 15) is 9.18 Å². The first-order chi connectivity index (χ1) is 5.20. The van der Waals surface area contributed by atoms with Crippen molar-refractivity contribution in [2.75, 3.05) is 0 Å². The normalized spacial score (nSPS) is 12.8. The third-order valence-electron chi connectivity index (χ3n) is 1.26. The Kier molecular flexibility index (Phi) is 2.59. The highest BCUT2D eigenvalue weighted by atomic mass is 32.1. The predicted octanol–water partition coefficient (Wildman–Crippen LogP) is 1.71. The Balaban J connectivity index is 2.50. The second-order valence-electron chi connectivity index (χ2n) is 2.14. The number of hydrogen-bond donors (Lipinski definition) is 1. The maximum absolute atomic E-state index is 12.5. The quantitative estimate of drug-likeness (QED) is 0.757. The van der Waals surface area contributed by atoms with Crippen molar-refractivity contribution in [2.45, 2.75) is 12.6 Å². The van der Waals surface area contributed by atoms with Crippen molar-refractivity contribution in [1.82, 2.24) is 0 Å². The van der Waals surface area contributed by atoms with Crippen LogP contribution in [0.3, 0.4) is 0 Å². The molecule has 60 valence electrons. The van der Waals surface area contributed by atoms with Crippen LogP contribution >= 0.6 is 11.3 Å². The third kappa shape index (κ3) is 2.31. The van der Waals surface area contributed by atoms with Crippen LogP contribution in [-0.2, 0) is 11.2 Å². The molecular formula is C7H7FO2S. The maximum Gasteiger partial charge on any atom is 0.338 e. The minimum Gasteiger partial charge on any atom is -0.479 e. The zero-order valence-electron chi connectivity index (χ0n) is 5.66. The van der Waals surface area contributed by atoms with Crippen LogP contribution < -0.4 is 0 Å². The zero-order valence-corrected chi connectivity index (χ0v) is 6.47. The highest BCUT2D eigenvalue weighted by Gasteiger charge is 2.15. The number of carboxylic acids is 1. The summed E-state index contributed by atoms with van der Waals surface area (Å²) in [4.78, 5) is 10.1. The van der Waals surface area contributed by atoms with Crippen molar-refractivity contribution in [3.05, 3.63) is 22.4 Å². The van der Waals surface area contributed by atoms with E-state index in [1.54, 1.807) is 16.8 Å². The van der Waals surface area contributed by atoms with Crippen molar-refractivity contribution in [1.29, 1.82) is 0 Å². The summed E-state index contributed by atoms with van der Waals surface area (Å²) in [5.41, 5.74) is 0.741. The lowest BCUT2D eigenvalue weighted by Crippen LogP contribution is -2.16. The highest BCUT2D eigenvalue weighted by Crippen LogP contribution is 2.10. The number of hydrogen-bond acceptors (Lipinski definition) is 2. The lowest BCUT2D eigenvalue weighted by atomic mass is 10.2. The van der Waals surface area contributed by atoms with Crippen molar-refractivity contribution in [3.8, 4) is 0 Å². The summed E-state index contributed by atoms with van der Waals surface area (Å²) in [7, 11) is 0. The van der Waals surface area contributed by atoms with E-state index in [2.05, 4.69) is 0 Å². The van der Waals surface area contributed by atoms with Gasteiger partial charge in [0, 0.05) is 6.42 Å². The molecule has 0 aliphatic heterocycles. The molecule has 1 aromatic heterocycles. The average Bonchev–Trinajstić information content (AvgIpc) is 2.39. The van der Waals surface area contributed by atoms with Gasteiger partial charge in [-0.15, -0.1) is 0 Å². The summed E-state index contributed by atoms with van der Waals surface area (Å²) < 4.78 is 12.5. The molecule has 1 unspecified atom stereocenters. The Morgan fingerprint density at radius 1 is 1.82 bits per heavy atom. The molecule has 4 heteroatoms. The fourth-order valence-electron chi connectivity index (χ4n) is 0.703. The van der Waals surface area contributed by atoms with Crippen LogP contribution in [-0.4, -0.2) is 17.2 Å². The molecule has 1 heterocycles. The van der Waals surface area contributed by atoms with E-state index in [0.29, 0.717) is 0 Å². The fourth-order valence-corrected chi connectivity index (χ4v) is 1.38. The lowest BCUT2D eigenvalue weighted by molar-refractivity contribution is -0.142. The van der Waals surface area contributed by atoms with Crippen LogP contribution in [0.25, 0.3) is 0 Å². The van der Waals surface area contributed by atoms with Gasteiger partial charge in [-0.2, -0.15) is 11.3 Å². The molecule has 0 radical (unpaired) electrons. The summed E-state index contributed by atoms with van der Waals surface area (Å²) in [5.74, 6) is -1.39. The molecule has 2 nitrogen and oxygen atoms in total. The molecule has 1 atom stereocenters. The maximum atomic E-state index is 12.5. The second kappa shape index (κ2) is 3.48. The summed E-state index contributed by atoms with van der Waals surface area (Å²) in [6, 6.07) is 1.72. The minimum absolute atomic E-state index is 0.0289. The molecule has 0 aliphatic rings. The van der Waals surface area contributed by atoms with Crippen molar-refractivity contribution in [3.63, 3.8) is 0 Å². The number of alkyl halides is 1. The number of carbonyl (C=O) groups is 1. The van der Waals surface area contributed by atoms with Gasteiger partial charge in [0.15, 0.2) is 0 Å². The van der Waals surface area contributed by atoms with Crippen LogP contribution in [0.2, 0.25) is 0 Å². The molecule has 11 heavy (non-hydrogen) atoms. The van der Waals surface area contributed by atoms with E-state index >= 15 is 0 Å². The van der Waals surface area contributed by atoms with Crippen LogP contribution in [0.5, 0.6) is 0 Å². The van der Waals surface area contributed by atoms with Gasteiger partial charge in [-0.25, -0.2) is 9.18 Å². The molecule has 0 amide bonds. The minimum atomic E-state index is -1.77. The summed E-state index contributed by atoms with van der Waals surface area (Å²) in [5, 5.41) is 11.8. The molecule has 1 rings (SSSR count). The fraction of sp³-hybridized carbons (Fsp3) is 0.286. The number of rotatable bonds is 3. The summed E-state index contributed by atoms with van der Waals surface area (Å²) in [6.07, 6.45) is -1.80. The van der Waals surface area contributed by atoms with Crippen LogP contribution in [0.1, 0.15) is 5.56 Å². The first kappa shape index (κ1) is 8.20. The molecule has 1 N–H and O–H groups in total. The SMILES string of the molecule is O=C(O)C(F)Cc1ccsc1. The number of carboxylic acid groups (broad SMARTS) is 1. The van der Waals surface area contributed by atoms with Gasteiger partial charge in [0.2, 0.25) is 6.17 Å². The molecule has 0 fully saturated rings. The van der Waals surface area contributed by atoms with Crippen LogP contribution in [0.15, 0.2) is 16.8 Å². The van der Waals surface area contributed by atoms with Crippen molar-refractivity contribution in [2.24, 2.45) is 0 Å². The van der Waals surface area contributed by atoms with Gasteiger partial charge in [-0.1, -0.05) is 0 Å². The van der Waals surface area contributed by atoms with Gasteiger partial charge in [-0.05, 0) is 22.4 Å². The Morgan fingerprint density at radius 2 is 2.55 bits per heavy atom. The Bertz CT molecular complexity index is 233. The van der Waals surface area contributed by atoms with Gasteiger partial charge in [0.1, 0.15) is 0 Å². The van der Waals surface area contributed by atoms with E-state index in [4.69, 9.17) is 5.11 Å². The van der Waals surface area contributed by atoms with Crippen molar-refractivity contribution < 1.29 is 14.3 Å². The van der Waals surface area contributed by atoms with E-state index in [0.717, 1.165) is 5.56 Å². The molecule has 0 aromatic carbocycles. The van der Waals surface area contributed by atoms with E-state index in [1.807, 2.05) is 0 Å². The van der Waals surface area contributed by atoms with E-state index in [-0.39, 0.29) is 6.42 Å². The van der Waals surface area contributed by atoms with E-state index in [1.165, 1.54) is 11.3 Å².